The number of carbonyl (C=O) groups excluding carboxylic acids is 2. The second kappa shape index (κ2) is 3.77. The minimum absolute atomic E-state index is 0.106. The van der Waals surface area contributed by atoms with E-state index >= 15 is 0 Å². The molecule has 0 aromatic carbocycles. The SMILES string of the molecule is CC(C)CCN1C(=O)N[C@@H](C)C1=O. The third kappa shape index (κ3) is 2.20. The van der Waals surface area contributed by atoms with Crippen molar-refractivity contribution in [1.82, 2.24) is 10.2 Å². The number of amides is 3. The lowest BCUT2D eigenvalue weighted by atomic mass is 10.1. The van der Waals surface area contributed by atoms with Gasteiger partial charge in [-0.2, -0.15) is 0 Å². The Hall–Kier alpha value is -1.06. The van der Waals surface area contributed by atoms with Crippen molar-refractivity contribution < 1.29 is 9.59 Å². The maximum atomic E-state index is 11.4. The van der Waals surface area contributed by atoms with Gasteiger partial charge in [0.05, 0.1) is 0 Å². The normalized spacial score (nSPS) is 22.8. The van der Waals surface area contributed by atoms with E-state index in [1.165, 1.54) is 4.90 Å². The molecule has 1 aliphatic rings. The molecule has 0 unspecified atom stereocenters. The number of nitrogens with zero attached hydrogens (tertiary/aromatic N) is 1. The molecule has 0 saturated carbocycles. The van der Waals surface area contributed by atoms with E-state index in [1.54, 1.807) is 6.92 Å². The summed E-state index contributed by atoms with van der Waals surface area (Å²) in [5, 5.41) is 2.58. The molecule has 0 radical (unpaired) electrons. The lowest BCUT2D eigenvalue weighted by Crippen LogP contribution is -2.32. The fourth-order valence-corrected chi connectivity index (χ4v) is 1.26. The smallest absolute Gasteiger partial charge is 0.324 e. The summed E-state index contributed by atoms with van der Waals surface area (Å²) in [4.78, 5) is 23.9. The van der Waals surface area contributed by atoms with Gasteiger partial charge in [0, 0.05) is 6.54 Å². The van der Waals surface area contributed by atoms with Gasteiger partial charge in [0.15, 0.2) is 0 Å². The molecule has 1 atom stereocenters. The molecule has 1 rings (SSSR count). The molecule has 4 nitrogen and oxygen atoms in total. The second-order valence-electron chi connectivity index (χ2n) is 3.84. The van der Waals surface area contributed by atoms with Gasteiger partial charge in [0.25, 0.3) is 5.91 Å². The van der Waals surface area contributed by atoms with Crippen molar-refractivity contribution in [2.75, 3.05) is 6.54 Å². The molecule has 0 spiro atoms. The maximum Gasteiger partial charge on any atom is 0.324 e. The van der Waals surface area contributed by atoms with Crippen LogP contribution in [0.25, 0.3) is 0 Å². The first-order valence-corrected chi connectivity index (χ1v) is 4.64. The molecule has 1 heterocycles. The van der Waals surface area contributed by atoms with Gasteiger partial charge in [-0.3, -0.25) is 9.69 Å². The Kier molecular flexibility index (Phi) is 2.90. The first-order chi connectivity index (χ1) is 6.02. The summed E-state index contributed by atoms with van der Waals surface area (Å²) in [6.07, 6.45) is 0.867. The minimum Gasteiger partial charge on any atom is -0.326 e. The zero-order valence-corrected chi connectivity index (χ0v) is 8.33. The van der Waals surface area contributed by atoms with Gasteiger partial charge in [-0.05, 0) is 19.3 Å². The van der Waals surface area contributed by atoms with Gasteiger partial charge in [0.2, 0.25) is 0 Å². The largest absolute Gasteiger partial charge is 0.326 e. The maximum absolute atomic E-state index is 11.4. The predicted molar refractivity (Wildman–Crippen MR) is 49.2 cm³/mol. The summed E-state index contributed by atoms with van der Waals surface area (Å²) in [5.41, 5.74) is 0. The van der Waals surface area contributed by atoms with Crippen molar-refractivity contribution in [2.45, 2.75) is 33.2 Å². The van der Waals surface area contributed by atoms with Gasteiger partial charge < -0.3 is 5.32 Å². The highest BCUT2D eigenvalue weighted by Crippen LogP contribution is 2.09. The minimum atomic E-state index is -0.348. The molecule has 1 fully saturated rings. The Bertz CT molecular complexity index is 226. The van der Waals surface area contributed by atoms with Crippen molar-refractivity contribution in [3.05, 3.63) is 0 Å². The van der Waals surface area contributed by atoms with Crippen LogP contribution in [-0.4, -0.2) is 29.4 Å². The quantitative estimate of drug-likeness (QED) is 0.664. The van der Waals surface area contributed by atoms with Gasteiger partial charge in [0.1, 0.15) is 6.04 Å². The van der Waals surface area contributed by atoms with Crippen LogP contribution in [0.4, 0.5) is 4.79 Å². The Balaban J connectivity index is 2.49. The van der Waals surface area contributed by atoms with E-state index in [0.29, 0.717) is 12.5 Å². The second-order valence-corrected chi connectivity index (χ2v) is 3.84. The predicted octanol–water partition coefficient (Wildman–Crippen LogP) is 0.973. The molecule has 13 heavy (non-hydrogen) atoms. The van der Waals surface area contributed by atoms with E-state index in [9.17, 15) is 9.59 Å². The third-order valence-electron chi connectivity index (χ3n) is 2.15. The van der Waals surface area contributed by atoms with E-state index in [4.69, 9.17) is 0 Å². The molecular weight excluding hydrogens is 168 g/mol. The molecule has 74 valence electrons. The zero-order chi connectivity index (χ0) is 10.0. The van der Waals surface area contributed by atoms with E-state index in [2.05, 4.69) is 19.2 Å². The summed E-state index contributed by atoms with van der Waals surface area (Å²) in [5.74, 6) is 0.405. The molecule has 1 saturated heterocycles. The topological polar surface area (TPSA) is 49.4 Å². The van der Waals surface area contributed by atoms with E-state index in [1.807, 2.05) is 0 Å². The number of urea groups is 1. The van der Waals surface area contributed by atoms with Crippen LogP contribution in [0.1, 0.15) is 27.2 Å². The molecule has 0 aromatic rings. The average Bonchev–Trinajstić information content (AvgIpc) is 2.24. The van der Waals surface area contributed by atoms with Crippen LogP contribution < -0.4 is 5.32 Å². The summed E-state index contributed by atoms with van der Waals surface area (Å²) < 4.78 is 0. The highest BCUT2D eigenvalue weighted by Gasteiger charge is 2.34. The standard InChI is InChI=1S/C9H16N2O2/c1-6(2)4-5-11-8(12)7(3)10-9(11)13/h6-7H,4-5H2,1-3H3,(H,10,13)/t7-/m0/s1. The Morgan fingerprint density at radius 3 is 2.46 bits per heavy atom. The number of hydrogen-bond donors (Lipinski definition) is 1. The first kappa shape index (κ1) is 10.0. The summed E-state index contributed by atoms with van der Waals surface area (Å²) in [6.45, 7) is 6.38. The van der Waals surface area contributed by atoms with Crippen molar-refractivity contribution in [1.29, 1.82) is 0 Å². The molecular formula is C9H16N2O2. The molecule has 0 aromatic heterocycles. The highest BCUT2D eigenvalue weighted by atomic mass is 16.2. The van der Waals surface area contributed by atoms with Crippen LogP contribution in [0.3, 0.4) is 0 Å². The highest BCUT2D eigenvalue weighted by molar-refractivity contribution is 6.03. The Morgan fingerprint density at radius 2 is 2.08 bits per heavy atom. The number of imide groups is 1. The van der Waals surface area contributed by atoms with Crippen molar-refractivity contribution in [2.24, 2.45) is 5.92 Å². The Morgan fingerprint density at radius 1 is 1.46 bits per heavy atom. The third-order valence-corrected chi connectivity index (χ3v) is 2.15. The van der Waals surface area contributed by atoms with Crippen LogP contribution in [0.5, 0.6) is 0 Å². The molecule has 3 amide bonds. The summed E-state index contributed by atoms with van der Waals surface area (Å²) >= 11 is 0. The molecule has 0 aliphatic carbocycles. The average molecular weight is 184 g/mol. The first-order valence-electron chi connectivity index (χ1n) is 4.64. The van der Waals surface area contributed by atoms with Gasteiger partial charge in [-0.15, -0.1) is 0 Å². The van der Waals surface area contributed by atoms with Gasteiger partial charge in [-0.25, -0.2) is 4.79 Å². The van der Waals surface area contributed by atoms with Crippen LogP contribution in [0, 0.1) is 5.92 Å². The van der Waals surface area contributed by atoms with Crippen molar-refractivity contribution >= 4 is 11.9 Å². The monoisotopic (exact) mass is 184 g/mol. The van der Waals surface area contributed by atoms with Crippen molar-refractivity contribution in [3.8, 4) is 0 Å². The van der Waals surface area contributed by atoms with E-state index < -0.39 is 0 Å². The van der Waals surface area contributed by atoms with Crippen LogP contribution in [-0.2, 0) is 4.79 Å². The van der Waals surface area contributed by atoms with E-state index in [0.717, 1.165) is 6.42 Å². The van der Waals surface area contributed by atoms with Gasteiger partial charge in [-0.1, -0.05) is 13.8 Å². The Labute approximate surface area is 78.3 Å². The summed E-state index contributed by atoms with van der Waals surface area (Å²) in [7, 11) is 0. The molecule has 1 N–H and O–H groups in total. The lowest BCUT2D eigenvalue weighted by Gasteiger charge is -2.13. The number of hydrogen-bond acceptors (Lipinski definition) is 2. The summed E-state index contributed by atoms with van der Waals surface area (Å²) in [6, 6.07) is -0.599. The van der Waals surface area contributed by atoms with Crippen LogP contribution >= 0.6 is 0 Å². The van der Waals surface area contributed by atoms with Crippen LogP contribution in [0.2, 0.25) is 0 Å². The zero-order valence-electron chi connectivity index (χ0n) is 8.33. The lowest BCUT2D eigenvalue weighted by molar-refractivity contribution is -0.127. The number of rotatable bonds is 3. The number of carbonyl (C=O) groups is 2. The molecule has 4 heteroatoms. The van der Waals surface area contributed by atoms with E-state index in [-0.39, 0.29) is 18.0 Å². The van der Waals surface area contributed by atoms with Gasteiger partial charge >= 0.3 is 6.03 Å². The van der Waals surface area contributed by atoms with Crippen molar-refractivity contribution in [3.63, 3.8) is 0 Å². The molecule has 0 bridgehead atoms. The fraction of sp³-hybridized carbons (Fsp3) is 0.778. The van der Waals surface area contributed by atoms with Crippen LogP contribution in [0.15, 0.2) is 0 Å². The molecule has 1 aliphatic heterocycles. The fourth-order valence-electron chi connectivity index (χ4n) is 1.26. The number of nitrogens with one attached hydrogen (secondary N) is 1.